The number of carbonyl (C=O) groups is 1. The van der Waals surface area contributed by atoms with Crippen LogP contribution in [0.2, 0.25) is 10.0 Å². The van der Waals surface area contributed by atoms with Crippen molar-refractivity contribution in [3.05, 3.63) is 63.8 Å². The minimum atomic E-state index is -0.237. The van der Waals surface area contributed by atoms with E-state index >= 15 is 0 Å². The van der Waals surface area contributed by atoms with Gasteiger partial charge in [-0.05, 0) is 18.2 Å². The van der Waals surface area contributed by atoms with E-state index in [0.29, 0.717) is 38.1 Å². The summed E-state index contributed by atoms with van der Waals surface area (Å²) in [5.74, 6) is 1.33. The van der Waals surface area contributed by atoms with E-state index in [4.69, 9.17) is 27.9 Å². The second-order valence-corrected chi connectivity index (χ2v) is 9.92. The molecule has 2 aliphatic rings. The number of nitrogens with one attached hydrogen (secondary N) is 2. The van der Waals surface area contributed by atoms with Crippen LogP contribution in [0, 0.1) is 0 Å². The highest BCUT2D eigenvalue weighted by atomic mass is 35.5. The Labute approximate surface area is 218 Å². The van der Waals surface area contributed by atoms with Crippen LogP contribution in [0.1, 0.15) is 15.9 Å². The third-order valence-electron chi connectivity index (χ3n) is 5.91. The third kappa shape index (κ3) is 5.19. The van der Waals surface area contributed by atoms with Gasteiger partial charge in [0.2, 0.25) is 5.95 Å². The number of fused-ring (bicyclic) bond motifs is 1. The number of para-hydroxylation sites is 1. The maximum Gasteiger partial charge on any atom is 0.263 e. The molecule has 0 unspecified atom stereocenters. The van der Waals surface area contributed by atoms with Crippen LogP contribution in [0.3, 0.4) is 0 Å². The number of nitrogens with zero attached hydrogens (tertiary/aromatic N) is 4. The molecule has 182 valence electrons. The SMILES string of the molecule is COc1cc(Nc2ncc3c(n2)SCN(c2c(Cl)cccc2Cl)C3=O)ccc1CN1CCNCC1. The molecule has 0 bridgehead atoms. The first kappa shape index (κ1) is 24.1. The summed E-state index contributed by atoms with van der Waals surface area (Å²) in [4.78, 5) is 26.1. The van der Waals surface area contributed by atoms with Crippen LogP contribution in [0.15, 0.2) is 47.6 Å². The minimum absolute atomic E-state index is 0.237. The monoisotopic (exact) mass is 530 g/mol. The highest BCUT2D eigenvalue weighted by Crippen LogP contribution is 2.39. The number of piperazine rings is 1. The topological polar surface area (TPSA) is 82.6 Å². The Morgan fingerprint density at radius 2 is 1.94 bits per heavy atom. The van der Waals surface area contributed by atoms with Crippen LogP contribution < -0.4 is 20.3 Å². The normalized spacial score (nSPS) is 16.2. The molecule has 3 aromatic rings. The maximum absolute atomic E-state index is 13.1. The number of rotatable bonds is 6. The fourth-order valence-electron chi connectivity index (χ4n) is 4.12. The number of amides is 1. The number of thioether (sulfide) groups is 1. The first-order chi connectivity index (χ1) is 17.0. The molecule has 0 spiro atoms. The molecule has 2 aromatic carbocycles. The summed E-state index contributed by atoms with van der Waals surface area (Å²) in [6.07, 6.45) is 1.53. The summed E-state index contributed by atoms with van der Waals surface area (Å²) in [5.41, 5.74) is 2.84. The van der Waals surface area contributed by atoms with E-state index in [0.717, 1.165) is 49.7 Å². The molecular weight excluding hydrogens is 507 g/mol. The second-order valence-electron chi connectivity index (χ2n) is 8.17. The molecule has 0 aliphatic carbocycles. The quantitative estimate of drug-likeness (QED) is 0.445. The molecular formula is C24H24Cl2N6O2S. The van der Waals surface area contributed by atoms with Gasteiger partial charge in [0.1, 0.15) is 10.8 Å². The molecule has 2 N–H and O–H groups in total. The van der Waals surface area contributed by atoms with E-state index in [1.165, 1.54) is 18.0 Å². The number of anilines is 3. The maximum atomic E-state index is 13.1. The summed E-state index contributed by atoms with van der Waals surface area (Å²) in [6, 6.07) is 11.2. The van der Waals surface area contributed by atoms with Gasteiger partial charge < -0.3 is 15.4 Å². The molecule has 2 aliphatic heterocycles. The number of benzene rings is 2. The third-order valence-corrected chi connectivity index (χ3v) is 7.50. The molecule has 35 heavy (non-hydrogen) atoms. The van der Waals surface area contributed by atoms with Crippen LogP contribution >= 0.6 is 35.0 Å². The highest BCUT2D eigenvalue weighted by molar-refractivity contribution is 7.99. The van der Waals surface area contributed by atoms with Crippen molar-refractivity contribution in [1.29, 1.82) is 0 Å². The van der Waals surface area contributed by atoms with Gasteiger partial charge in [0, 0.05) is 56.2 Å². The van der Waals surface area contributed by atoms with Gasteiger partial charge in [-0.3, -0.25) is 14.6 Å². The average molecular weight is 531 g/mol. The average Bonchev–Trinajstić information content (AvgIpc) is 2.87. The zero-order valence-electron chi connectivity index (χ0n) is 19.1. The summed E-state index contributed by atoms with van der Waals surface area (Å²) >= 11 is 14.1. The van der Waals surface area contributed by atoms with Gasteiger partial charge >= 0.3 is 0 Å². The number of methoxy groups -OCH3 is 1. The fourth-order valence-corrected chi connectivity index (χ4v) is 5.66. The van der Waals surface area contributed by atoms with Gasteiger partial charge in [-0.25, -0.2) is 9.97 Å². The molecule has 11 heteroatoms. The van der Waals surface area contributed by atoms with E-state index < -0.39 is 0 Å². The summed E-state index contributed by atoms with van der Waals surface area (Å²) in [7, 11) is 1.68. The predicted octanol–water partition coefficient (Wildman–Crippen LogP) is 4.65. The Morgan fingerprint density at radius 1 is 1.17 bits per heavy atom. The lowest BCUT2D eigenvalue weighted by Gasteiger charge is -2.28. The van der Waals surface area contributed by atoms with Crippen molar-refractivity contribution < 1.29 is 9.53 Å². The van der Waals surface area contributed by atoms with Crippen molar-refractivity contribution in [3.8, 4) is 5.75 Å². The Kier molecular flexibility index (Phi) is 7.31. The smallest absolute Gasteiger partial charge is 0.263 e. The number of hydrogen-bond donors (Lipinski definition) is 2. The molecule has 1 saturated heterocycles. The fraction of sp³-hybridized carbons (Fsp3) is 0.292. The molecule has 1 fully saturated rings. The van der Waals surface area contributed by atoms with E-state index in [1.54, 1.807) is 30.2 Å². The van der Waals surface area contributed by atoms with Gasteiger partial charge in [0.15, 0.2) is 0 Å². The van der Waals surface area contributed by atoms with E-state index in [2.05, 4.69) is 31.6 Å². The number of halogens is 2. The predicted molar refractivity (Wildman–Crippen MR) is 140 cm³/mol. The largest absolute Gasteiger partial charge is 0.496 e. The second kappa shape index (κ2) is 10.6. The van der Waals surface area contributed by atoms with Crippen molar-refractivity contribution >= 4 is 58.2 Å². The van der Waals surface area contributed by atoms with Gasteiger partial charge in [-0.1, -0.05) is 47.1 Å². The van der Waals surface area contributed by atoms with Gasteiger partial charge in [-0.2, -0.15) is 0 Å². The van der Waals surface area contributed by atoms with Crippen LogP contribution in [-0.4, -0.2) is 59.9 Å². The van der Waals surface area contributed by atoms with Crippen LogP contribution in [0.5, 0.6) is 5.75 Å². The minimum Gasteiger partial charge on any atom is -0.496 e. The standard InChI is InChI=1S/C24H24Cl2N6O2S/c1-34-20-11-16(6-5-15(20)13-31-9-7-27-8-10-31)29-24-28-12-17-22(30-24)35-14-32(23(17)33)21-18(25)3-2-4-19(21)26/h2-6,11-12,27H,7-10,13-14H2,1H3,(H,28,29,30). The van der Waals surface area contributed by atoms with Crippen molar-refractivity contribution in [2.24, 2.45) is 0 Å². The Balaban J connectivity index is 1.32. The number of carbonyl (C=O) groups excluding carboxylic acids is 1. The molecule has 0 radical (unpaired) electrons. The Bertz CT molecular complexity index is 1230. The van der Waals surface area contributed by atoms with E-state index in [9.17, 15) is 4.79 Å². The lowest BCUT2D eigenvalue weighted by atomic mass is 10.1. The molecule has 3 heterocycles. The number of hydrogen-bond acceptors (Lipinski definition) is 8. The van der Waals surface area contributed by atoms with Crippen molar-refractivity contribution in [1.82, 2.24) is 20.2 Å². The Hall–Kier alpha value is -2.56. The molecule has 0 atom stereocenters. The van der Waals surface area contributed by atoms with Crippen LogP contribution in [0.4, 0.5) is 17.3 Å². The van der Waals surface area contributed by atoms with E-state index in [-0.39, 0.29) is 5.91 Å². The van der Waals surface area contributed by atoms with Crippen molar-refractivity contribution in [3.63, 3.8) is 0 Å². The molecule has 8 nitrogen and oxygen atoms in total. The summed E-state index contributed by atoms with van der Waals surface area (Å²) in [6.45, 7) is 4.87. The van der Waals surface area contributed by atoms with Crippen LogP contribution in [0.25, 0.3) is 0 Å². The lowest BCUT2D eigenvalue weighted by Crippen LogP contribution is -2.42. The molecule has 5 rings (SSSR count). The lowest BCUT2D eigenvalue weighted by molar-refractivity contribution is 0.0985. The van der Waals surface area contributed by atoms with Crippen molar-refractivity contribution in [2.75, 3.05) is 49.4 Å². The van der Waals surface area contributed by atoms with Gasteiger partial charge in [-0.15, -0.1) is 0 Å². The zero-order valence-corrected chi connectivity index (χ0v) is 21.4. The highest BCUT2D eigenvalue weighted by Gasteiger charge is 2.30. The first-order valence-corrected chi connectivity index (χ1v) is 12.9. The van der Waals surface area contributed by atoms with E-state index in [1.807, 2.05) is 12.1 Å². The summed E-state index contributed by atoms with van der Waals surface area (Å²) < 4.78 is 5.64. The number of ether oxygens (including phenoxy) is 1. The zero-order chi connectivity index (χ0) is 24.4. The summed E-state index contributed by atoms with van der Waals surface area (Å²) in [5, 5.41) is 8.05. The van der Waals surface area contributed by atoms with Crippen molar-refractivity contribution in [2.45, 2.75) is 11.6 Å². The van der Waals surface area contributed by atoms with Gasteiger partial charge in [0.05, 0.1) is 34.3 Å². The Morgan fingerprint density at radius 3 is 2.69 bits per heavy atom. The number of aromatic nitrogens is 2. The van der Waals surface area contributed by atoms with Crippen LogP contribution in [-0.2, 0) is 6.54 Å². The molecule has 1 amide bonds. The molecule has 0 saturated carbocycles. The first-order valence-electron chi connectivity index (χ1n) is 11.2. The molecule has 1 aromatic heterocycles. The van der Waals surface area contributed by atoms with Gasteiger partial charge in [0.25, 0.3) is 5.91 Å².